The zero-order valence-electron chi connectivity index (χ0n) is 18.5. The Morgan fingerprint density at radius 2 is 1.88 bits per heavy atom. The first-order valence-electron chi connectivity index (χ1n) is 10.7. The van der Waals surface area contributed by atoms with Gasteiger partial charge in [0.2, 0.25) is 5.91 Å². The van der Waals surface area contributed by atoms with Crippen molar-refractivity contribution in [3.63, 3.8) is 0 Å². The predicted molar refractivity (Wildman–Crippen MR) is 124 cm³/mol. The van der Waals surface area contributed by atoms with Crippen molar-refractivity contribution in [1.29, 1.82) is 0 Å². The monoisotopic (exact) mass is 488 g/mol. The third-order valence-corrected chi connectivity index (χ3v) is 6.40. The summed E-state index contributed by atoms with van der Waals surface area (Å²) in [5.74, 6) is -1.58. The second-order valence-corrected chi connectivity index (χ2v) is 9.42. The molecule has 9 heteroatoms. The molecule has 0 spiro atoms. The minimum Gasteiger partial charge on any atom is -0.406 e. The summed E-state index contributed by atoms with van der Waals surface area (Å²) in [6.45, 7) is 4.45. The molecule has 1 aliphatic heterocycles. The zero-order chi connectivity index (χ0) is 24.5. The standard InChI is InChI=1S/C25H23F3N2O3S/c1-15(2)14-30-22(20-11-6-12-34-20)21(18-9-3-4-10-19(18)24(30)32)23(31)29-16-7-5-8-17(13-16)33-25(26,27)28/h3-13,15,21-22H,14H2,1-2H3,(H,29,31)/t21-,22+/m0/s1. The van der Waals surface area contributed by atoms with Crippen LogP contribution in [0.1, 0.15) is 46.6 Å². The molecule has 1 N–H and O–H groups in total. The summed E-state index contributed by atoms with van der Waals surface area (Å²) in [4.78, 5) is 29.7. The van der Waals surface area contributed by atoms with E-state index in [4.69, 9.17) is 0 Å². The number of nitrogens with zero attached hydrogens (tertiary/aromatic N) is 1. The first-order chi connectivity index (χ1) is 16.1. The summed E-state index contributed by atoms with van der Waals surface area (Å²) in [6.07, 6.45) is -4.84. The number of benzene rings is 2. The van der Waals surface area contributed by atoms with Crippen molar-refractivity contribution in [2.45, 2.75) is 32.2 Å². The van der Waals surface area contributed by atoms with Crippen LogP contribution >= 0.6 is 11.3 Å². The molecule has 0 fully saturated rings. The van der Waals surface area contributed by atoms with Crippen LogP contribution in [0.15, 0.2) is 66.0 Å². The second kappa shape index (κ2) is 9.50. The van der Waals surface area contributed by atoms with Gasteiger partial charge >= 0.3 is 6.36 Å². The Morgan fingerprint density at radius 1 is 1.12 bits per heavy atom. The van der Waals surface area contributed by atoms with Crippen LogP contribution in [-0.2, 0) is 4.79 Å². The SMILES string of the molecule is CC(C)CN1C(=O)c2ccccc2[C@H](C(=O)Nc2cccc(OC(F)(F)F)c2)[C@H]1c1cccs1. The maximum Gasteiger partial charge on any atom is 0.573 e. The Kier molecular flexibility index (Phi) is 6.65. The van der Waals surface area contributed by atoms with Crippen LogP contribution in [0, 0.1) is 5.92 Å². The number of ether oxygens (including phenoxy) is 1. The number of thiophene rings is 1. The molecular weight excluding hydrogens is 465 g/mol. The van der Waals surface area contributed by atoms with E-state index >= 15 is 0 Å². The second-order valence-electron chi connectivity index (χ2n) is 8.44. The van der Waals surface area contributed by atoms with Crippen molar-refractivity contribution in [2.24, 2.45) is 5.92 Å². The number of carbonyl (C=O) groups is 2. The number of amides is 2. The topological polar surface area (TPSA) is 58.6 Å². The highest BCUT2D eigenvalue weighted by Gasteiger charge is 2.44. The zero-order valence-corrected chi connectivity index (χ0v) is 19.3. The van der Waals surface area contributed by atoms with Crippen LogP contribution in [0.3, 0.4) is 0 Å². The van der Waals surface area contributed by atoms with Crippen molar-refractivity contribution in [3.05, 3.63) is 82.0 Å². The highest BCUT2D eigenvalue weighted by Crippen LogP contribution is 2.45. The normalized spacial score (nSPS) is 18.1. The molecular formula is C25H23F3N2O3S. The Bertz CT molecular complexity index is 1180. The number of alkyl halides is 3. The van der Waals surface area contributed by atoms with Crippen molar-refractivity contribution in [3.8, 4) is 5.75 Å². The van der Waals surface area contributed by atoms with Crippen LogP contribution in [0.4, 0.5) is 18.9 Å². The highest BCUT2D eigenvalue weighted by molar-refractivity contribution is 7.10. The highest BCUT2D eigenvalue weighted by atomic mass is 32.1. The third kappa shape index (κ3) is 5.09. The molecule has 0 bridgehead atoms. The van der Waals surface area contributed by atoms with Gasteiger partial charge in [0.25, 0.3) is 5.91 Å². The van der Waals surface area contributed by atoms with Gasteiger partial charge in [-0.2, -0.15) is 0 Å². The predicted octanol–water partition coefficient (Wildman–Crippen LogP) is 6.22. The Balaban J connectivity index is 1.74. The molecule has 2 heterocycles. The van der Waals surface area contributed by atoms with Crippen LogP contribution in [0.5, 0.6) is 5.75 Å². The van der Waals surface area contributed by atoms with E-state index in [1.807, 2.05) is 31.4 Å². The lowest BCUT2D eigenvalue weighted by Crippen LogP contribution is -2.47. The van der Waals surface area contributed by atoms with Crippen molar-refractivity contribution >= 4 is 28.8 Å². The fourth-order valence-corrected chi connectivity index (χ4v) is 5.11. The Morgan fingerprint density at radius 3 is 2.56 bits per heavy atom. The van der Waals surface area contributed by atoms with E-state index in [9.17, 15) is 22.8 Å². The van der Waals surface area contributed by atoms with Crippen LogP contribution in [0.25, 0.3) is 0 Å². The molecule has 5 nitrogen and oxygen atoms in total. The van der Waals surface area contributed by atoms with Crippen LogP contribution < -0.4 is 10.1 Å². The van der Waals surface area contributed by atoms with Crippen LogP contribution in [-0.4, -0.2) is 29.6 Å². The van der Waals surface area contributed by atoms with E-state index in [0.717, 1.165) is 17.0 Å². The van der Waals surface area contributed by atoms with Gasteiger partial charge in [0.15, 0.2) is 0 Å². The van der Waals surface area contributed by atoms with E-state index in [1.54, 1.807) is 29.2 Å². The fraction of sp³-hybridized carbons (Fsp3) is 0.280. The van der Waals surface area contributed by atoms with Gasteiger partial charge in [0.05, 0.1) is 12.0 Å². The van der Waals surface area contributed by atoms with Crippen molar-refractivity contribution in [1.82, 2.24) is 4.90 Å². The molecule has 1 aromatic heterocycles. The van der Waals surface area contributed by atoms with E-state index < -0.39 is 30.0 Å². The molecule has 0 radical (unpaired) electrons. The number of hydrogen-bond donors (Lipinski definition) is 1. The molecule has 0 aliphatic carbocycles. The minimum atomic E-state index is -4.84. The fourth-order valence-electron chi connectivity index (χ4n) is 4.24. The molecule has 178 valence electrons. The summed E-state index contributed by atoms with van der Waals surface area (Å²) in [5, 5.41) is 4.63. The lowest BCUT2D eigenvalue weighted by molar-refractivity contribution is -0.274. The van der Waals surface area contributed by atoms with Gasteiger partial charge in [-0.3, -0.25) is 9.59 Å². The lowest BCUT2D eigenvalue weighted by atomic mass is 9.81. The minimum absolute atomic E-state index is 0.146. The smallest absolute Gasteiger partial charge is 0.406 e. The van der Waals surface area contributed by atoms with Gasteiger partial charge in [0.1, 0.15) is 5.75 Å². The first-order valence-corrected chi connectivity index (χ1v) is 11.6. The van der Waals surface area contributed by atoms with E-state index in [2.05, 4.69) is 10.1 Å². The Labute approximate surface area is 199 Å². The maximum absolute atomic E-state index is 13.7. The molecule has 2 atom stereocenters. The molecule has 0 saturated heterocycles. The Hall–Kier alpha value is -3.33. The lowest BCUT2D eigenvalue weighted by Gasteiger charge is -2.42. The number of nitrogens with one attached hydrogen (secondary N) is 1. The van der Waals surface area contributed by atoms with Gasteiger partial charge in [-0.1, -0.05) is 44.2 Å². The molecule has 2 aromatic carbocycles. The number of anilines is 1. The number of fused-ring (bicyclic) bond motifs is 1. The van der Waals surface area contributed by atoms with Crippen molar-refractivity contribution in [2.75, 3.05) is 11.9 Å². The number of hydrogen-bond acceptors (Lipinski definition) is 4. The number of halogens is 3. The van der Waals surface area contributed by atoms with Gasteiger partial charge in [-0.05, 0) is 41.1 Å². The molecule has 4 rings (SSSR count). The maximum atomic E-state index is 13.7. The van der Waals surface area contributed by atoms with E-state index in [0.29, 0.717) is 17.7 Å². The largest absolute Gasteiger partial charge is 0.573 e. The summed E-state index contributed by atoms with van der Waals surface area (Å²) >= 11 is 1.45. The van der Waals surface area contributed by atoms with Gasteiger partial charge in [-0.15, -0.1) is 24.5 Å². The summed E-state index contributed by atoms with van der Waals surface area (Å²) < 4.78 is 41.9. The average molecular weight is 489 g/mol. The van der Waals surface area contributed by atoms with Gasteiger partial charge in [0, 0.05) is 28.7 Å². The first kappa shape index (κ1) is 23.8. The molecule has 2 amide bonds. The summed E-state index contributed by atoms with van der Waals surface area (Å²) in [5.41, 5.74) is 1.21. The summed E-state index contributed by atoms with van der Waals surface area (Å²) in [6, 6.07) is 15.3. The number of carbonyl (C=O) groups excluding carboxylic acids is 2. The summed E-state index contributed by atoms with van der Waals surface area (Å²) in [7, 11) is 0. The van der Waals surface area contributed by atoms with E-state index in [-0.39, 0.29) is 17.5 Å². The van der Waals surface area contributed by atoms with E-state index in [1.165, 1.54) is 23.5 Å². The number of rotatable bonds is 6. The van der Waals surface area contributed by atoms with Crippen LogP contribution in [0.2, 0.25) is 0 Å². The van der Waals surface area contributed by atoms with Gasteiger partial charge < -0.3 is 15.0 Å². The molecule has 0 unspecified atom stereocenters. The molecule has 34 heavy (non-hydrogen) atoms. The molecule has 0 saturated carbocycles. The molecule has 1 aliphatic rings. The average Bonchev–Trinajstić information content (AvgIpc) is 3.28. The molecule has 3 aromatic rings. The van der Waals surface area contributed by atoms with Gasteiger partial charge in [-0.25, -0.2) is 0 Å². The third-order valence-electron chi connectivity index (χ3n) is 5.45. The van der Waals surface area contributed by atoms with Crippen molar-refractivity contribution < 1.29 is 27.5 Å². The quantitative estimate of drug-likeness (QED) is 0.448.